The van der Waals surface area contributed by atoms with Crippen molar-refractivity contribution in [3.63, 3.8) is 0 Å². The molecule has 0 spiro atoms. The van der Waals surface area contributed by atoms with Crippen LogP contribution in [0.4, 0.5) is 23.4 Å². The first-order chi connectivity index (χ1) is 20.5. The Morgan fingerprint density at radius 1 is 1.00 bits per heavy atom. The lowest BCUT2D eigenvalue weighted by atomic mass is 10.0. The van der Waals surface area contributed by atoms with Crippen molar-refractivity contribution in [3.8, 4) is 28.7 Å². The number of imidazole rings is 1. The van der Waals surface area contributed by atoms with Crippen LogP contribution in [0.25, 0.3) is 22.8 Å². The zero-order chi connectivity index (χ0) is 30.5. The Balaban J connectivity index is 1.37. The fourth-order valence-electron chi connectivity index (χ4n) is 5.54. The van der Waals surface area contributed by atoms with Crippen LogP contribution in [-0.2, 0) is 6.18 Å². The lowest BCUT2D eigenvalue weighted by molar-refractivity contribution is -0.140. The second-order valence-electron chi connectivity index (χ2n) is 11.3. The van der Waals surface area contributed by atoms with Crippen LogP contribution in [-0.4, -0.2) is 68.2 Å². The Bertz CT molecular complexity index is 1620. The van der Waals surface area contributed by atoms with E-state index >= 15 is 4.39 Å². The third kappa shape index (κ3) is 5.65. The van der Waals surface area contributed by atoms with Gasteiger partial charge < -0.3 is 19.1 Å². The van der Waals surface area contributed by atoms with Gasteiger partial charge in [0.1, 0.15) is 17.7 Å². The maximum atomic E-state index is 15.5. The van der Waals surface area contributed by atoms with Crippen molar-refractivity contribution < 1.29 is 22.3 Å². The summed E-state index contributed by atoms with van der Waals surface area (Å²) in [5.74, 6) is 0.737. The van der Waals surface area contributed by atoms with E-state index in [-0.39, 0.29) is 29.6 Å². The first kappa shape index (κ1) is 29.0. The zero-order valence-corrected chi connectivity index (χ0v) is 24.3. The van der Waals surface area contributed by atoms with Crippen molar-refractivity contribution >= 4 is 5.82 Å². The van der Waals surface area contributed by atoms with E-state index in [1.54, 1.807) is 12.1 Å². The number of nitrogens with zero attached hydrogens (tertiary/aromatic N) is 8. The van der Waals surface area contributed by atoms with Gasteiger partial charge in [-0.15, -0.1) is 0 Å². The zero-order valence-electron chi connectivity index (χ0n) is 24.3. The molecule has 13 heteroatoms. The van der Waals surface area contributed by atoms with Gasteiger partial charge in [-0.3, -0.25) is 0 Å². The van der Waals surface area contributed by atoms with E-state index in [1.165, 1.54) is 24.2 Å². The first-order valence-corrected chi connectivity index (χ1v) is 14.2. The Labute approximate surface area is 246 Å². The average Bonchev–Trinajstić information content (AvgIpc) is 3.73. The molecule has 226 valence electrons. The maximum Gasteiger partial charge on any atom is 0.434 e. The highest BCUT2D eigenvalue weighted by Crippen LogP contribution is 2.45. The summed E-state index contributed by atoms with van der Waals surface area (Å²) in [6, 6.07) is 6.75. The van der Waals surface area contributed by atoms with Crippen LogP contribution >= 0.6 is 0 Å². The molecule has 6 rings (SSSR count). The summed E-state index contributed by atoms with van der Waals surface area (Å²) in [4.78, 5) is 25.7. The number of methoxy groups -OCH3 is 1. The van der Waals surface area contributed by atoms with Gasteiger partial charge >= 0.3 is 6.18 Å². The third-order valence-corrected chi connectivity index (χ3v) is 7.94. The highest BCUT2D eigenvalue weighted by molar-refractivity contribution is 5.67. The summed E-state index contributed by atoms with van der Waals surface area (Å²) in [6.45, 7) is 5.39. The number of alkyl halides is 3. The number of halogens is 4. The monoisotopic (exact) mass is 596 g/mol. The summed E-state index contributed by atoms with van der Waals surface area (Å²) < 4.78 is 62.8. The minimum Gasteiger partial charge on any atom is -0.480 e. The third-order valence-electron chi connectivity index (χ3n) is 7.94. The largest absolute Gasteiger partial charge is 0.480 e. The van der Waals surface area contributed by atoms with Crippen molar-refractivity contribution in [2.75, 3.05) is 38.7 Å². The van der Waals surface area contributed by atoms with E-state index in [1.807, 2.05) is 37.9 Å². The molecule has 1 atom stereocenters. The molecule has 4 heterocycles. The molecule has 1 aliphatic carbocycles. The molecule has 0 N–H and O–H groups in total. The van der Waals surface area contributed by atoms with Crippen molar-refractivity contribution in [2.45, 2.75) is 50.9 Å². The number of anilines is 1. The molecule has 2 aliphatic rings. The number of rotatable bonds is 7. The molecule has 1 saturated carbocycles. The van der Waals surface area contributed by atoms with Crippen LogP contribution in [0.15, 0.2) is 43.0 Å². The molecule has 1 unspecified atom stereocenters. The van der Waals surface area contributed by atoms with Crippen LogP contribution in [0, 0.1) is 5.82 Å². The summed E-state index contributed by atoms with van der Waals surface area (Å²) >= 11 is 0. The van der Waals surface area contributed by atoms with Gasteiger partial charge in [-0.1, -0.05) is 24.3 Å². The summed E-state index contributed by atoms with van der Waals surface area (Å²) in [5, 5.41) is 0. The molecule has 2 fully saturated rings. The Morgan fingerprint density at radius 2 is 1.74 bits per heavy atom. The average molecular weight is 597 g/mol. The Hall–Kier alpha value is -4.13. The predicted molar refractivity (Wildman–Crippen MR) is 152 cm³/mol. The fourth-order valence-corrected chi connectivity index (χ4v) is 5.54. The Kier molecular flexibility index (Phi) is 7.53. The van der Waals surface area contributed by atoms with E-state index in [0.29, 0.717) is 42.5 Å². The van der Waals surface area contributed by atoms with E-state index < -0.39 is 17.7 Å². The van der Waals surface area contributed by atoms with Crippen molar-refractivity contribution in [1.29, 1.82) is 0 Å². The first-order valence-electron chi connectivity index (χ1n) is 14.2. The second kappa shape index (κ2) is 11.2. The molecule has 0 bridgehead atoms. The van der Waals surface area contributed by atoms with Gasteiger partial charge in [-0.05, 0) is 39.3 Å². The molecule has 0 amide bonds. The molecule has 0 radical (unpaired) electrons. The van der Waals surface area contributed by atoms with Crippen LogP contribution in [0.3, 0.4) is 0 Å². The van der Waals surface area contributed by atoms with Crippen LogP contribution < -0.4 is 9.64 Å². The van der Waals surface area contributed by atoms with Gasteiger partial charge in [0, 0.05) is 43.4 Å². The summed E-state index contributed by atoms with van der Waals surface area (Å²) in [6.07, 6.45) is 1.11. The Morgan fingerprint density at radius 3 is 2.40 bits per heavy atom. The van der Waals surface area contributed by atoms with Crippen LogP contribution in [0.2, 0.25) is 0 Å². The molecule has 1 saturated heterocycles. The van der Waals surface area contributed by atoms with Crippen molar-refractivity contribution in [1.82, 2.24) is 34.4 Å². The minimum absolute atomic E-state index is 0.157. The summed E-state index contributed by atoms with van der Waals surface area (Å²) in [5.41, 5.74) is 1.86. The quantitative estimate of drug-likeness (QED) is 0.243. The van der Waals surface area contributed by atoms with Crippen LogP contribution in [0.5, 0.6) is 5.88 Å². The van der Waals surface area contributed by atoms with Gasteiger partial charge in [0.05, 0.1) is 25.0 Å². The van der Waals surface area contributed by atoms with Gasteiger partial charge in [0.15, 0.2) is 23.2 Å². The van der Waals surface area contributed by atoms with Gasteiger partial charge in [-0.25, -0.2) is 29.3 Å². The second-order valence-corrected chi connectivity index (χ2v) is 11.3. The smallest absolute Gasteiger partial charge is 0.434 e. The number of hydrogen-bond donors (Lipinski definition) is 0. The fraction of sp³-hybridized carbons (Fsp3) is 0.433. The SMILES string of the molecule is COc1ncnc(C2CC2)c1-c1ncc(F)c(N2CCN(C)CC2c2ccc(-c3nc(C(F)(F)F)cn3C(C)C)cc2)n1. The molecule has 9 nitrogen and oxygen atoms in total. The van der Waals surface area contributed by atoms with Gasteiger partial charge in [0.25, 0.3) is 0 Å². The molecule has 3 aromatic heterocycles. The number of likely N-dealkylation sites (N-methyl/N-ethyl adjacent to an activating group) is 1. The lowest BCUT2D eigenvalue weighted by Crippen LogP contribution is -2.47. The molecule has 1 aromatic carbocycles. The standard InChI is InChI=1S/C30H32F4N8O/c1-17(2)42-15-23(30(32,33)34)38-27(42)20-9-5-18(6-10-20)22-14-40(3)11-12-41(22)28-21(31)13-35-26(39-28)24-25(19-7-8-19)36-16-37-29(24)43-4/h5-6,9-10,13,15-17,19,22H,7-8,11-12,14H2,1-4H3. The summed E-state index contributed by atoms with van der Waals surface area (Å²) in [7, 11) is 3.51. The number of benzene rings is 1. The number of aromatic nitrogens is 6. The predicted octanol–water partition coefficient (Wildman–Crippen LogP) is 5.92. The maximum absolute atomic E-state index is 15.5. The number of hydrogen-bond acceptors (Lipinski definition) is 8. The highest BCUT2D eigenvalue weighted by atomic mass is 19.4. The normalized spacial score (nSPS) is 18.0. The molecular weight excluding hydrogens is 564 g/mol. The number of ether oxygens (including phenoxy) is 1. The van der Waals surface area contributed by atoms with E-state index in [4.69, 9.17) is 9.72 Å². The minimum atomic E-state index is -4.54. The van der Waals surface area contributed by atoms with Gasteiger partial charge in [-0.2, -0.15) is 13.2 Å². The van der Waals surface area contributed by atoms with Crippen molar-refractivity contribution in [3.05, 3.63) is 65.8 Å². The van der Waals surface area contributed by atoms with Crippen LogP contribution in [0.1, 0.15) is 61.6 Å². The highest BCUT2D eigenvalue weighted by Gasteiger charge is 2.36. The van der Waals surface area contributed by atoms with E-state index in [2.05, 4.69) is 24.8 Å². The van der Waals surface area contributed by atoms with Gasteiger partial charge in [0.2, 0.25) is 5.88 Å². The molecule has 4 aromatic rings. The van der Waals surface area contributed by atoms with Crippen molar-refractivity contribution in [2.24, 2.45) is 0 Å². The molecule has 1 aliphatic heterocycles. The lowest BCUT2D eigenvalue weighted by Gasteiger charge is -2.41. The molecular formula is C30H32F4N8O. The topological polar surface area (TPSA) is 85.1 Å². The van der Waals surface area contributed by atoms with E-state index in [9.17, 15) is 13.2 Å². The van der Waals surface area contributed by atoms with E-state index in [0.717, 1.165) is 30.3 Å². The molecule has 43 heavy (non-hydrogen) atoms. The number of piperazine rings is 1.